The quantitative estimate of drug-likeness (QED) is 0.214. The van der Waals surface area contributed by atoms with Crippen molar-refractivity contribution in [3.05, 3.63) is 70.8 Å². The Morgan fingerprint density at radius 3 is 1.70 bits per heavy atom. The van der Waals surface area contributed by atoms with E-state index in [4.69, 9.17) is 33.4 Å². The Kier molecular flexibility index (Phi) is 16.6. The van der Waals surface area contributed by atoms with Gasteiger partial charge in [-0.05, 0) is 42.5 Å². The van der Waals surface area contributed by atoms with Crippen LogP contribution in [-0.4, -0.2) is 39.2 Å². The minimum atomic E-state index is -4.55. The minimum absolute atomic E-state index is 0.0892. The molecule has 208 valence electrons. The maximum Gasteiger partial charge on any atom is 0.416 e. The smallest absolute Gasteiger partial charge is 0.416 e. The fraction of sp³-hybridized carbons (Fsp3) is 0.417. The van der Waals surface area contributed by atoms with Crippen LogP contribution in [0.5, 0.6) is 0 Å². The van der Waals surface area contributed by atoms with Gasteiger partial charge in [0.1, 0.15) is 0 Å². The molecule has 0 aromatic heterocycles. The highest BCUT2D eigenvalue weighted by Gasteiger charge is 2.36. The van der Waals surface area contributed by atoms with E-state index in [9.17, 15) is 35.9 Å². The van der Waals surface area contributed by atoms with Crippen LogP contribution in [-0.2, 0) is 28.4 Å². The van der Waals surface area contributed by atoms with E-state index < -0.39 is 47.8 Å². The molecule has 2 aromatic rings. The molecule has 0 aliphatic rings. The van der Waals surface area contributed by atoms with Crippen LogP contribution in [0.2, 0.25) is 0 Å². The summed E-state index contributed by atoms with van der Waals surface area (Å²) >= 11 is 13.9. The van der Waals surface area contributed by atoms with Crippen LogP contribution < -0.4 is 0 Å². The summed E-state index contributed by atoms with van der Waals surface area (Å²) in [4.78, 5) is 21.4. The molecular weight excluding hydrogens is 617 g/mol. The monoisotopic (exact) mass is 640 g/mol. The van der Waals surface area contributed by atoms with Crippen LogP contribution >= 0.6 is 39.1 Å². The minimum Gasteiger partial charge on any atom is -0.481 e. The van der Waals surface area contributed by atoms with Gasteiger partial charge in [0.05, 0.1) is 23.5 Å². The van der Waals surface area contributed by atoms with Crippen molar-refractivity contribution in [2.24, 2.45) is 0 Å². The highest BCUT2D eigenvalue weighted by Crippen LogP contribution is 2.36. The summed E-state index contributed by atoms with van der Waals surface area (Å²) in [5, 5.41) is 18.4. The van der Waals surface area contributed by atoms with Gasteiger partial charge in [0, 0.05) is 17.1 Å². The number of rotatable bonds is 9. The molecule has 0 amide bonds. The van der Waals surface area contributed by atoms with Gasteiger partial charge >= 0.3 is 24.3 Å². The van der Waals surface area contributed by atoms with Crippen molar-refractivity contribution < 1.29 is 46.1 Å². The number of carboxylic acids is 2. The van der Waals surface area contributed by atoms with Crippen molar-refractivity contribution in [3.63, 3.8) is 0 Å². The van der Waals surface area contributed by atoms with Gasteiger partial charge in [-0.2, -0.15) is 26.3 Å². The highest BCUT2D eigenvalue weighted by molar-refractivity contribution is 9.09. The third-order valence-electron chi connectivity index (χ3n) is 4.50. The molecule has 13 heteroatoms. The number of carbonyl (C=O) groups is 2. The summed E-state index contributed by atoms with van der Waals surface area (Å²) in [5.41, 5.74) is -2.20. The molecule has 0 aliphatic carbocycles. The van der Waals surface area contributed by atoms with E-state index in [1.54, 1.807) is 0 Å². The molecule has 2 N–H and O–H groups in total. The summed E-state index contributed by atoms with van der Waals surface area (Å²) in [6.07, 6.45) is -8.15. The molecule has 0 heterocycles. The van der Waals surface area contributed by atoms with E-state index >= 15 is 0 Å². The molecule has 2 aromatic carbocycles. The molecule has 1 unspecified atom stereocenters. The van der Waals surface area contributed by atoms with Gasteiger partial charge in [-0.3, -0.25) is 9.59 Å². The van der Waals surface area contributed by atoms with Crippen LogP contribution in [0.1, 0.15) is 47.4 Å². The first-order valence-corrected chi connectivity index (χ1v) is 12.8. The summed E-state index contributed by atoms with van der Waals surface area (Å²) in [6, 6.07) is 9.40. The topological polar surface area (TPSA) is 74.6 Å². The Morgan fingerprint density at radius 2 is 1.30 bits per heavy atom. The molecule has 0 bridgehead atoms. The van der Waals surface area contributed by atoms with Crippen LogP contribution in [0.3, 0.4) is 0 Å². The average Bonchev–Trinajstić information content (AvgIpc) is 2.79. The zero-order chi connectivity index (χ0) is 28.6. The summed E-state index contributed by atoms with van der Waals surface area (Å²) in [5.74, 6) is -2.73. The van der Waals surface area contributed by atoms with Crippen molar-refractivity contribution in [3.8, 4) is 0 Å². The maximum atomic E-state index is 12.8. The number of hydrogen-bond acceptors (Lipinski definition) is 2. The molecule has 0 radical (unpaired) electrons. The van der Waals surface area contributed by atoms with E-state index in [0.29, 0.717) is 6.42 Å². The first-order valence-electron chi connectivity index (χ1n) is 10.6. The zero-order valence-corrected chi connectivity index (χ0v) is 22.4. The van der Waals surface area contributed by atoms with Crippen LogP contribution in [0.4, 0.5) is 26.3 Å². The number of alkyl halides is 9. The predicted octanol–water partition coefficient (Wildman–Crippen LogP) is 8.24. The Balaban J connectivity index is 0.000000605. The summed E-state index contributed by atoms with van der Waals surface area (Å²) in [6.45, 7) is 0. The lowest BCUT2D eigenvalue weighted by Gasteiger charge is -2.18. The molecule has 37 heavy (non-hydrogen) atoms. The largest absolute Gasteiger partial charge is 0.481 e. The maximum absolute atomic E-state index is 12.8. The third kappa shape index (κ3) is 13.9. The number of aliphatic carboxylic acids is 2. The molecule has 0 spiro atoms. The number of halogens is 9. The van der Waals surface area contributed by atoms with Crippen molar-refractivity contribution >= 4 is 51.1 Å². The van der Waals surface area contributed by atoms with E-state index in [2.05, 4.69) is 15.9 Å². The lowest BCUT2D eigenvalue weighted by atomic mass is 9.90. The molecule has 2 rings (SSSR count). The molecular formula is C24H25BrCl2F6O4. The van der Waals surface area contributed by atoms with Gasteiger partial charge < -0.3 is 10.2 Å². The number of hydrogen-bond donors (Lipinski definition) is 2. The normalized spacial score (nSPS) is 11.9. The molecule has 0 aliphatic heterocycles. The van der Waals surface area contributed by atoms with Gasteiger partial charge in [-0.25, -0.2) is 0 Å². The lowest BCUT2D eigenvalue weighted by Crippen LogP contribution is -2.18. The molecule has 0 fully saturated rings. The second-order valence-electron chi connectivity index (χ2n) is 7.26. The second kappa shape index (κ2) is 17.5. The molecule has 1 atom stereocenters. The fourth-order valence-corrected chi connectivity index (χ4v) is 3.81. The standard InChI is InChI=1S/C12H12ClF3O2.C9H7F3O2.C3H6BrCl/c13-7-3-5-9(11(17)18)8-4-1-2-6-10(8)12(14,15)16;10-9(11,12)7-4-2-1-3-6(7)5-8(13)14;4-2-1-3-5/h1-2,4,6,9H,3,5,7H2,(H,17,18);1-4H,5H2,(H,13,14);1-3H2. The van der Waals surface area contributed by atoms with E-state index in [0.717, 1.165) is 35.8 Å². The van der Waals surface area contributed by atoms with E-state index in [1.165, 1.54) is 30.3 Å². The van der Waals surface area contributed by atoms with Crippen molar-refractivity contribution in [2.45, 2.75) is 44.0 Å². The molecule has 0 saturated carbocycles. The first-order chi connectivity index (χ1) is 17.2. The van der Waals surface area contributed by atoms with Crippen molar-refractivity contribution in [2.75, 3.05) is 17.1 Å². The molecule has 0 saturated heterocycles. The zero-order valence-electron chi connectivity index (χ0n) is 19.3. The third-order valence-corrected chi connectivity index (χ3v) is 5.59. The predicted molar refractivity (Wildman–Crippen MR) is 134 cm³/mol. The van der Waals surface area contributed by atoms with Crippen LogP contribution in [0.25, 0.3) is 0 Å². The van der Waals surface area contributed by atoms with Crippen LogP contribution in [0, 0.1) is 0 Å². The number of carboxylic acid groups (broad SMARTS) is 2. The van der Waals surface area contributed by atoms with E-state index in [1.807, 2.05) is 0 Å². The SMILES string of the molecule is ClCCCBr.O=C(O)C(CCCCl)c1ccccc1C(F)(F)F.O=C(O)Cc1ccccc1C(F)(F)F. The molecule has 4 nitrogen and oxygen atoms in total. The Labute approximate surface area is 228 Å². The highest BCUT2D eigenvalue weighted by atomic mass is 79.9. The summed E-state index contributed by atoms with van der Waals surface area (Å²) in [7, 11) is 0. The summed E-state index contributed by atoms with van der Waals surface area (Å²) < 4.78 is 75.2. The first kappa shape index (κ1) is 35.0. The average molecular weight is 642 g/mol. The second-order valence-corrected chi connectivity index (χ2v) is 8.81. The number of benzene rings is 2. The Bertz CT molecular complexity index is 969. The van der Waals surface area contributed by atoms with Gasteiger partial charge in [-0.1, -0.05) is 52.3 Å². The van der Waals surface area contributed by atoms with Gasteiger partial charge in [0.25, 0.3) is 0 Å². The van der Waals surface area contributed by atoms with Crippen molar-refractivity contribution in [1.82, 2.24) is 0 Å². The Hall–Kier alpha value is -1.98. The lowest BCUT2D eigenvalue weighted by molar-refractivity contribution is -0.142. The van der Waals surface area contributed by atoms with E-state index in [-0.39, 0.29) is 23.4 Å². The van der Waals surface area contributed by atoms with Gasteiger partial charge in [0.15, 0.2) is 0 Å². The van der Waals surface area contributed by atoms with Crippen molar-refractivity contribution in [1.29, 1.82) is 0 Å². The Morgan fingerprint density at radius 1 is 0.811 bits per heavy atom. The van der Waals surface area contributed by atoms with Gasteiger partial charge in [-0.15, -0.1) is 23.2 Å². The van der Waals surface area contributed by atoms with Gasteiger partial charge in [0.2, 0.25) is 0 Å². The fourth-order valence-electron chi connectivity index (χ4n) is 2.92. The van der Waals surface area contributed by atoms with Crippen LogP contribution in [0.15, 0.2) is 48.5 Å².